The minimum Gasteiger partial charge on any atom is -0.462 e. The smallest absolute Gasteiger partial charge is 0.402 e. The van der Waals surface area contributed by atoms with Crippen molar-refractivity contribution in [1.29, 1.82) is 0 Å². The van der Waals surface area contributed by atoms with E-state index in [-0.39, 0.29) is 6.42 Å². The van der Waals surface area contributed by atoms with Crippen LogP contribution < -0.4 is 0 Å². The molecule has 2 nitrogen and oxygen atoms in total. The van der Waals surface area contributed by atoms with Gasteiger partial charge in [0.2, 0.25) is 0 Å². The molecule has 11 heavy (non-hydrogen) atoms. The van der Waals surface area contributed by atoms with Crippen molar-refractivity contribution in [2.75, 3.05) is 0 Å². The molecule has 0 N–H and O–H groups in total. The standard InChI is InChI=1S/C6H7F3O2/c1-3-2-4(5(10)11-3)6(7,8)9/h3-4H,2H2,1H3/t3-,4-/m1/s1. The first-order valence-corrected chi connectivity index (χ1v) is 3.18. The Morgan fingerprint density at radius 2 is 2.09 bits per heavy atom. The first kappa shape index (κ1) is 8.36. The molecule has 1 heterocycles. The predicted octanol–water partition coefficient (Wildman–Crippen LogP) is 1.50. The summed E-state index contributed by atoms with van der Waals surface area (Å²) in [5.41, 5.74) is 0. The minimum absolute atomic E-state index is 0.248. The Kier molecular flexibility index (Phi) is 1.82. The van der Waals surface area contributed by atoms with Crippen molar-refractivity contribution in [2.45, 2.75) is 25.6 Å². The van der Waals surface area contributed by atoms with Gasteiger partial charge in [0.1, 0.15) is 6.10 Å². The van der Waals surface area contributed by atoms with Crippen molar-refractivity contribution < 1.29 is 22.7 Å². The Bertz CT molecular complexity index is 175. The number of cyclic esters (lactones) is 1. The molecule has 0 bridgehead atoms. The van der Waals surface area contributed by atoms with Crippen LogP contribution in [0.3, 0.4) is 0 Å². The van der Waals surface area contributed by atoms with Crippen molar-refractivity contribution in [2.24, 2.45) is 5.92 Å². The fourth-order valence-corrected chi connectivity index (χ4v) is 1.02. The molecule has 0 saturated carbocycles. The molecule has 0 aromatic heterocycles. The van der Waals surface area contributed by atoms with Crippen LogP contribution in [0.15, 0.2) is 0 Å². The molecule has 1 saturated heterocycles. The zero-order valence-electron chi connectivity index (χ0n) is 5.81. The number of hydrogen-bond acceptors (Lipinski definition) is 2. The first-order chi connectivity index (χ1) is 4.91. The Balaban J connectivity index is 2.68. The van der Waals surface area contributed by atoms with E-state index in [2.05, 4.69) is 4.74 Å². The highest BCUT2D eigenvalue weighted by Gasteiger charge is 2.50. The predicted molar refractivity (Wildman–Crippen MR) is 29.7 cm³/mol. The van der Waals surface area contributed by atoms with E-state index in [4.69, 9.17) is 0 Å². The number of ether oxygens (including phenoxy) is 1. The van der Waals surface area contributed by atoms with Gasteiger partial charge in [0.05, 0.1) is 0 Å². The van der Waals surface area contributed by atoms with Crippen molar-refractivity contribution in [3.63, 3.8) is 0 Å². The summed E-state index contributed by atoms with van der Waals surface area (Å²) in [5, 5.41) is 0. The SMILES string of the molecule is C[C@@H]1C[C@@H](C(F)(F)F)C(=O)O1. The summed E-state index contributed by atoms with van der Waals surface area (Å²) in [6.45, 7) is 1.45. The summed E-state index contributed by atoms with van der Waals surface area (Å²) in [5.74, 6) is -3.05. The van der Waals surface area contributed by atoms with E-state index in [0.29, 0.717) is 0 Å². The number of carbonyl (C=O) groups excluding carboxylic acids is 1. The fraction of sp³-hybridized carbons (Fsp3) is 0.833. The van der Waals surface area contributed by atoms with E-state index in [1.54, 1.807) is 0 Å². The van der Waals surface area contributed by atoms with Gasteiger partial charge in [-0.1, -0.05) is 0 Å². The van der Waals surface area contributed by atoms with Gasteiger partial charge in [-0.3, -0.25) is 4.79 Å². The quantitative estimate of drug-likeness (QED) is 0.512. The van der Waals surface area contributed by atoms with E-state index < -0.39 is 24.2 Å². The molecule has 1 aliphatic rings. The maximum atomic E-state index is 11.9. The summed E-state index contributed by atoms with van der Waals surface area (Å²) in [4.78, 5) is 10.5. The third-order valence-electron chi connectivity index (χ3n) is 1.56. The molecular weight excluding hydrogens is 161 g/mol. The molecule has 0 aromatic carbocycles. The van der Waals surface area contributed by atoms with Gasteiger partial charge in [-0.05, 0) is 6.92 Å². The van der Waals surface area contributed by atoms with Crippen LogP contribution in [0.5, 0.6) is 0 Å². The Morgan fingerprint density at radius 1 is 1.55 bits per heavy atom. The summed E-state index contributed by atoms with van der Waals surface area (Å²) in [6.07, 6.45) is -5.29. The lowest BCUT2D eigenvalue weighted by Crippen LogP contribution is -2.26. The van der Waals surface area contributed by atoms with Crippen LogP contribution in [-0.4, -0.2) is 18.2 Å². The van der Waals surface area contributed by atoms with Crippen LogP contribution in [0.2, 0.25) is 0 Å². The maximum absolute atomic E-state index is 11.9. The summed E-state index contributed by atoms with van der Waals surface area (Å²) in [6, 6.07) is 0. The highest BCUT2D eigenvalue weighted by atomic mass is 19.4. The maximum Gasteiger partial charge on any atom is 0.402 e. The fourth-order valence-electron chi connectivity index (χ4n) is 1.02. The van der Waals surface area contributed by atoms with Crippen LogP contribution >= 0.6 is 0 Å². The number of alkyl halides is 3. The number of rotatable bonds is 0. The molecule has 0 amide bonds. The molecule has 5 heteroatoms. The number of hydrogen-bond donors (Lipinski definition) is 0. The van der Waals surface area contributed by atoms with Gasteiger partial charge in [-0.25, -0.2) is 0 Å². The molecule has 1 aliphatic heterocycles. The van der Waals surface area contributed by atoms with Gasteiger partial charge in [0.15, 0.2) is 5.92 Å². The van der Waals surface area contributed by atoms with Gasteiger partial charge in [0, 0.05) is 6.42 Å². The van der Waals surface area contributed by atoms with Gasteiger partial charge in [-0.15, -0.1) is 0 Å². The first-order valence-electron chi connectivity index (χ1n) is 3.18. The summed E-state index contributed by atoms with van der Waals surface area (Å²) >= 11 is 0. The van der Waals surface area contributed by atoms with Crippen LogP contribution in [0, 0.1) is 5.92 Å². The van der Waals surface area contributed by atoms with E-state index in [9.17, 15) is 18.0 Å². The second-order valence-corrected chi connectivity index (χ2v) is 2.58. The second-order valence-electron chi connectivity index (χ2n) is 2.58. The average Bonchev–Trinajstić information content (AvgIpc) is 2.08. The van der Waals surface area contributed by atoms with Crippen molar-refractivity contribution in [3.05, 3.63) is 0 Å². The van der Waals surface area contributed by atoms with E-state index in [1.807, 2.05) is 0 Å². The van der Waals surface area contributed by atoms with E-state index in [0.717, 1.165) is 0 Å². The number of halogens is 3. The lowest BCUT2D eigenvalue weighted by Gasteiger charge is -2.08. The number of carbonyl (C=O) groups is 1. The molecule has 0 spiro atoms. The normalized spacial score (nSPS) is 32.2. The molecule has 0 unspecified atom stereocenters. The summed E-state index contributed by atoms with van der Waals surface area (Å²) < 4.78 is 40.0. The topological polar surface area (TPSA) is 26.3 Å². The molecule has 64 valence electrons. The van der Waals surface area contributed by atoms with Crippen molar-refractivity contribution >= 4 is 5.97 Å². The lowest BCUT2D eigenvalue weighted by molar-refractivity contribution is -0.185. The monoisotopic (exact) mass is 168 g/mol. The summed E-state index contributed by atoms with van der Waals surface area (Å²) in [7, 11) is 0. The molecule has 2 atom stereocenters. The minimum atomic E-state index is -4.44. The van der Waals surface area contributed by atoms with E-state index >= 15 is 0 Å². The van der Waals surface area contributed by atoms with Gasteiger partial charge >= 0.3 is 12.1 Å². The average molecular weight is 168 g/mol. The van der Waals surface area contributed by atoms with Crippen molar-refractivity contribution in [3.8, 4) is 0 Å². The van der Waals surface area contributed by atoms with Gasteiger partial charge < -0.3 is 4.74 Å². The largest absolute Gasteiger partial charge is 0.462 e. The molecule has 1 fully saturated rings. The van der Waals surface area contributed by atoms with E-state index in [1.165, 1.54) is 6.92 Å². The zero-order valence-corrected chi connectivity index (χ0v) is 5.81. The second kappa shape index (κ2) is 2.39. The van der Waals surface area contributed by atoms with Crippen LogP contribution in [0.4, 0.5) is 13.2 Å². The van der Waals surface area contributed by atoms with Gasteiger partial charge in [-0.2, -0.15) is 13.2 Å². The molecule has 0 aliphatic carbocycles. The highest BCUT2D eigenvalue weighted by Crippen LogP contribution is 2.35. The third kappa shape index (κ3) is 1.64. The van der Waals surface area contributed by atoms with Gasteiger partial charge in [0.25, 0.3) is 0 Å². The zero-order chi connectivity index (χ0) is 8.65. The highest BCUT2D eigenvalue weighted by molar-refractivity contribution is 5.75. The number of esters is 1. The molecule has 0 radical (unpaired) electrons. The molecule has 1 rings (SSSR count). The van der Waals surface area contributed by atoms with Crippen LogP contribution in [-0.2, 0) is 9.53 Å². The lowest BCUT2D eigenvalue weighted by atomic mass is 10.1. The van der Waals surface area contributed by atoms with Crippen LogP contribution in [0.1, 0.15) is 13.3 Å². The van der Waals surface area contributed by atoms with Crippen molar-refractivity contribution in [1.82, 2.24) is 0 Å². The Labute approximate surface area is 61.3 Å². The Morgan fingerprint density at radius 3 is 2.27 bits per heavy atom. The third-order valence-corrected chi connectivity index (χ3v) is 1.56. The van der Waals surface area contributed by atoms with Crippen LogP contribution in [0.25, 0.3) is 0 Å². The molecular formula is C6H7F3O2. The Hall–Kier alpha value is -0.740. The molecule has 0 aromatic rings.